The molecular formula is C9H11BrN2O3. The molecule has 6 heteroatoms. The monoisotopic (exact) mass is 274 g/mol. The molecule has 0 aliphatic heterocycles. The maximum Gasteiger partial charge on any atom is 0.271 e. The number of nitro benzene ring substituents is 1. The van der Waals surface area contributed by atoms with Crippen LogP contribution >= 0.6 is 15.9 Å². The van der Waals surface area contributed by atoms with Crippen molar-refractivity contribution in [3.05, 3.63) is 32.3 Å². The molecule has 0 aliphatic rings. The van der Waals surface area contributed by atoms with Crippen LogP contribution in [0.2, 0.25) is 0 Å². The van der Waals surface area contributed by atoms with Gasteiger partial charge in [0.25, 0.3) is 5.69 Å². The van der Waals surface area contributed by atoms with Gasteiger partial charge in [-0.15, -0.1) is 0 Å². The number of phenolic OH excluding ortho intramolecular Hbond substituents is 1. The van der Waals surface area contributed by atoms with Gasteiger partial charge in [0.2, 0.25) is 0 Å². The molecule has 0 heterocycles. The second-order valence-corrected chi connectivity index (χ2v) is 4.23. The summed E-state index contributed by atoms with van der Waals surface area (Å²) in [4.78, 5) is 10.1. The molecule has 1 rings (SSSR count). The van der Waals surface area contributed by atoms with E-state index in [1.54, 1.807) is 6.92 Å². The van der Waals surface area contributed by atoms with Gasteiger partial charge in [-0.2, -0.15) is 0 Å². The van der Waals surface area contributed by atoms with Crippen molar-refractivity contribution in [2.45, 2.75) is 19.4 Å². The normalized spacial score (nSPS) is 12.5. The lowest BCUT2D eigenvalue weighted by atomic mass is 10.1. The fourth-order valence-corrected chi connectivity index (χ4v) is 1.74. The Labute approximate surface area is 95.2 Å². The van der Waals surface area contributed by atoms with E-state index in [0.29, 0.717) is 16.5 Å². The van der Waals surface area contributed by atoms with Crippen LogP contribution in [0.3, 0.4) is 0 Å². The van der Waals surface area contributed by atoms with Crippen LogP contribution in [0.25, 0.3) is 0 Å². The number of nitrogens with zero attached hydrogens (tertiary/aromatic N) is 1. The highest BCUT2D eigenvalue weighted by Gasteiger charge is 2.15. The molecule has 1 aromatic rings. The number of nitro groups is 1. The number of benzene rings is 1. The van der Waals surface area contributed by atoms with E-state index in [-0.39, 0.29) is 17.5 Å². The summed E-state index contributed by atoms with van der Waals surface area (Å²) in [6, 6.07) is 2.44. The summed E-state index contributed by atoms with van der Waals surface area (Å²) in [6.45, 7) is 1.77. The van der Waals surface area contributed by atoms with Crippen molar-refractivity contribution < 1.29 is 10.0 Å². The van der Waals surface area contributed by atoms with Crippen molar-refractivity contribution in [3.8, 4) is 5.75 Å². The minimum atomic E-state index is -0.505. The zero-order chi connectivity index (χ0) is 11.6. The number of nitrogens with two attached hydrogens (primary N) is 1. The van der Waals surface area contributed by atoms with Crippen molar-refractivity contribution in [2.75, 3.05) is 0 Å². The predicted molar refractivity (Wildman–Crippen MR) is 59.8 cm³/mol. The molecule has 15 heavy (non-hydrogen) atoms. The van der Waals surface area contributed by atoms with Gasteiger partial charge in [-0.25, -0.2) is 0 Å². The Balaban J connectivity index is 3.19. The fraction of sp³-hybridized carbons (Fsp3) is 0.333. The molecular weight excluding hydrogens is 264 g/mol. The van der Waals surface area contributed by atoms with Gasteiger partial charge >= 0.3 is 0 Å². The van der Waals surface area contributed by atoms with E-state index >= 15 is 0 Å². The van der Waals surface area contributed by atoms with Gasteiger partial charge in [0, 0.05) is 23.7 Å². The van der Waals surface area contributed by atoms with Crippen molar-refractivity contribution in [1.29, 1.82) is 0 Å². The highest BCUT2D eigenvalue weighted by atomic mass is 79.9. The van der Waals surface area contributed by atoms with Crippen molar-refractivity contribution in [1.82, 2.24) is 0 Å². The number of hydrogen-bond donors (Lipinski definition) is 2. The summed E-state index contributed by atoms with van der Waals surface area (Å²) in [6.07, 6.45) is 0.395. The molecule has 0 amide bonds. The summed E-state index contributed by atoms with van der Waals surface area (Å²) < 4.78 is 0.312. The van der Waals surface area contributed by atoms with E-state index in [9.17, 15) is 15.2 Å². The van der Waals surface area contributed by atoms with Crippen LogP contribution in [0.5, 0.6) is 5.75 Å². The van der Waals surface area contributed by atoms with Crippen LogP contribution in [0.4, 0.5) is 5.69 Å². The summed E-state index contributed by atoms with van der Waals surface area (Å²) in [5.74, 6) is 0.0119. The second-order valence-electron chi connectivity index (χ2n) is 3.37. The number of hydrogen-bond acceptors (Lipinski definition) is 4. The molecule has 0 saturated carbocycles. The number of aromatic hydroxyl groups is 1. The van der Waals surface area contributed by atoms with E-state index in [4.69, 9.17) is 5.73 Å². The first-order valence-electron chi connectivity index (χ1n) is 4.33. The smallest absolute Gasteiger partial charge is 0.271 e. The van der Waals surface area contributed by atoms with E-state index in [0.717, 1.165) is 0 Å². The zero-order valence-electron chi connectivity index (χ0n) is 8.11. The first-order chi connectivity index (χ1) is 6.91. The molecule has 1 atom stereocenters. The third kappa shape index (κ3) is 2.90. The minimum absolute atomic E-state index is 0.0119. The Bertz CT molecular complexity index is 393. The van der Waals surface area contributed by atoms with Crippen LogP contribution in [0, 0.1) is 10.1 Å². The molecule has 3 N–H and O–H groups in total. The van der Waals surface area contributed by atoms with Crippen LogP contribution < -0.4 is 5.73 Å². The van der Waals surface area contributed by atoms with Crippen molar-refractivity contribution in [3.63, 3.8) is 0 Å². The van der Waals surface area contributed by atoms with Gasteiger partial charge in [0.15, 0.2) is 0 Å². The average Bonchev–Trinajstić information content (AvgIpc) is 2.11. The predicted octanol–water partition coefficient (Wildman–Crippen LogP) is 1.95. The first-order valence-corrected chi connectivity index (χ1v) is 5.12. The van der Waals surface area contributed by atoms with Crippen molar-refractivity contribution in [2.24, 2.45) is 5.73 Å². The van der Waals surface area contributed by atoms with E-state index in [1.165, 1.54) is 12.1 Å². The highest BCUT2D eigenvalue weighted by Crippen LogP contribution is 2.33. The van der Waals surface area contributed by atoms with E-state index in [1.807, 2.05) is 0 Å². The quantitative estimate of drug-likeness (QED) is 0.651. The topological polar surface area (TPSA) is 89.4 Å². The lowest BCUT2D eigenvalue weighted by molar-refractivity contribution is -0.385. The molecule has 0 aliphatic carbocycles. The zero-order valence-corrected chi connectivity index (χ0v) is 9.69. The van der Waals surface area contributed by atoms with Gasteiger partial charge in [-0.1, -0.05) is 0 Å². The van der Waals surface area contributed by atoms with Crippen LogP contribution in [0.15, 0.2) is 16.6 Å². The Morgan fingerprint density at radius 2 is 2.27 bits per heavy atom. The third-order valence-electron chi connectivity index (χ3n) is 1.88. The number of halogens is 1. The largest absolute Gasteiger partial charge is 0.506 e. The first kappa shape index (κ1) is 11.9. The Kier molecular flexibility index (Phi) is 3.65. The second kappa shape index (κ2) is 4.59. The third-order valence-corrected chi connectivity index (χ3v) is 2.48. The summed E-state index contributed by atoms with van der Waals surface area (Å²) >= 11 is 3.06. The van der Waals surface area contributed by atoms with Gasteiger partial charge in [-0.3, -0.25) is 10.1 Å². The maximum absolute atomic E-state index is 10.6. The van der Waals surface area contributed by atoms with E-state index < -0.39 is 4.92 Å². The lowest BCUT2D eigenvalue weighted by Crippen LogP contribution is -2.17. The van der Waals surface area contributed by atoms with Crippen LogP contribution in [-0.2, 0) is 6.42 Å². The number of non-ortho nitro benzene ring substituents is 1. The lowest BCUT2D eigenvalue weighted by Gasteiger charge is -2.08. The highest BCUT2D eigenvalue weighted by molar-refractivity contribution is 9.10. The minimum Gasteiger partial charge on any atom is -0.506 e. The molecule has 0 saturated heterocycles. The van der Waals surface area contributed by atoms with Gasteiger partial charge < -0.3 is 10.8 Å². The van der Waals surface area contributed by atoms with Crippen molar-refractivity contribution >= 4 is 21.6 Å². The van der Waals surface area contributed by atoms with Crippen LogP contribution in [-0.4, -0.2) is 16.1 Å². The molecule has 0 aromatic heterocycles. The summed E-state index contributed by atoms with van der Waals surface area (Å²) in [5, 5.41) is 20.2. The van der Waals surface area contributed by atoms with Gasteiger partial charge in [0.1, 0.15) is 5.75 Å². The summed E-state index contributed by atoms with van der Waals surface area (Å²) in [5.41, 5.74) is 5.99. The fourth-order valence-electron chi connectivity index (χ4n) is 1.25. The number of rotatable bonds is 3. The molecule has 82 valence electrons. The SMILES string of the molecule is CC(N)Cc1cc([N+](=O)[O-])cc(Br)c1O. The standard InChI is InChI=1S/C9H11BrN2O3/c1-5(11)2-6-3-7(12(14)15)4-8(10)9(6)13/h3-5,13H,2,11H2,1H3. The summed E-state index contributed by atoms with van der Waals surface area (Å²) in [7, 11) is 0. The van der Waals surface area contributed by atoms with Gasteiger partial charge in [0.05, 0.1) is 9.40 Å². The maximum atomic E-state index is 10.6. The molecule has 0 fully saturated rings. The molecule has 5 nitrogen and oxygen atoms in total. The van der Waals surface area contributed by atoms with E-state index in [2.05, 4.69) is 15.9 Å². The number of phenols is 1. The molecule has 0 radical (unpaired) electrons. The Morgan fingerprint density at radius 3 is 2.73 bits per heavy atom. The Hall–Kier alpha value is -1.14. The Morgan fingerprint density at radius 1 is 1.67 bits per heavy atom. The molecule has 0 bridgehead atoms. The average molecular weight is 275 g/mol. The van der Waals surface area contributed by atoms with Crippen LogP contribution in [0.1, 0.15) is 12.5 Å². The molecule has 1 unspecified atom stereocenters. The molecule has 0 spiro atoms. The van der Waals surface area contributed by atoms with Gasteiger partial charge in [-0.05, 0) is 29.3 Å². The molecule has 1 aromatic carbocycles.